The molecule has 0 aliphatic heterocycles. The van der Waals surface area contributed by atoms with E-state index in [1.165, 1.54) is 14.0 Å². The molecule has 0 atom stereocenters. The van der Waals surface area contributed by atoms with Crippen LogP contribution in [0.1, 0.15) is 67.3 Å². The van der Waals surface area contributed by atoms with Crippen molar-refractivity contribution in [3.8, 4) is 17.2 Å². The third-order valence-electron chi connectivity index (χ3n) is 3.64. The first-order valence-corrected chi connectivity index (χ1v) is 7.93. The second-order valence-electron chi connectivity index (χ2n) is 6.52. The van der Waals surface area contributed by atoms with Crippen LogP contribution in [0.4, 0.5) is 0 Å². The molecule has 1 aromatic rings. The molecule has 0 spiro atoms. The van der Waals surface area contributed by atoms with Crippen LogP contribution < -0.4 is 4.74 Å². The summed E-state index contributed by atoms with van der Waals surface area (Å²) in [6.07, 6.45) is 2.31. The van der Waals surface area contributed by atoms with Crippen LogP contribution in [0.3, 0.4) is 0 Å². The maximum absolute atomic E-state index is 12.5. The van der Waals surface area contributed by atoms with Crippen LogP contribution in [0.25, 0.3) is 0 Å². The Morgan fingerprint density at radius 2 is 1.67 bits per heavy atom. The topological polar surface area (TPSA) is 83.8 Å². The summed E-state index contributed by atoms with van der Waals surface area (Å²) in [7, 11) is 1.36. The molecule has 0 aromatic heterocycles. The number of methoxy groups -OCH3 is 1. The highest BCUT2D eigenvalue weighted by Crippen LogP contribution is 2.44. The van der Waals surface area contributed by atoms with Gasteiger partial charge in [-0.2, -0.15) is 0 Å². The molecule has 0 bridgehead atoms. The minimum atomic E-state index is -0.511. The molecule has 0 fully saturated rings. The molecule has 2 N–H and O–H groups in total. The lowest BCUT2D eigenvalue weighted by Crippen LogP contribution is -2.10. The Hall–Kier alpha value is -2.30. The van der Waals surface area contributed by atoms with E-state index in [0.717, 1.165) is 5.57 Å². The number of phenolic OH excluding ortho intramolecular Hbond substituents is 2. The highest BCUT2D eigenvalue weighted by atomic mass is 16.5. The van der Waals surface area contributed by atoms with Crippen molar-refractivity contribution in [2.75, 3.05) is 7.11 Å². The lowest BCUT2D eigenvalue weighted by Gasteiger charge is -2.18. The van der Waals surface area contributed by atoms with Gasteiger partial charge in [0.25, 0.3) is 0 Å². The van der Waals surface area contributed by atoms with Crippen molar-refractivity contribution in [2.45, 2.75) is 47.5 Å². The summed E-state index contributed by atoms with van der Waals surface area (Å²) in [5, 5.41) is 21.0. The maximum atomic E-state index is 12.5. The number of carbonyl (C=O) groups excluding carboxylic acids is 2. The van der Waals surface area contributed by atoms with Crippen LogP contribution in [-0.2, 0) is 6.42 Å². The molecule has 0 saturated heterocycles. The summed E-state index contributed by atoms with van der Waals surface area (Å²) in [5.41, 5.74) is 1.07. The van der Waals surface area contributed by atoms with Gasteiger partial charge >= 0.3 is 0 Å². The van der Waals surface area contributed by atoms with Gasteiger partial charge in [0.15, 0.2) is 11.6 Å². The molecule has 1 aromatic carbocycles. The van der Waals surface area contributed by atoms with Gasteiger partial charge in [0.2, 0.25) is 0 Å². The predicted molar refractivity (Wildman–Crippen MR) is 93.2 cm³/mol. The number of carbonyl (C=O) groups is 2. The Morgan fingerprint density at radius 1 is 1.08 bits per heavy atom. The zero-order valence-corrected chi connectivity index (χ0v) is 15.2. The van der Waals surface area contributed by atoms with Gasteiger partial charge in [-0.1, -0.05) is 25.5 Å². The van der Waals surface area contributed by atoms with Gasteiger partial charge in [0.1, 0.15) is 28.4 Å². The Balaban J connectivity index is 3.74. The van der Waals surface area contributed by atoms with Crippen molar-refractivity contribution in [1.82, 2.24) is 0 Å². The summed E-state index contributed by atoms with van der Waals surface area (Å²) in [4.78, 5) is 24.5. The molecule has 5 heteroatoms. The highest BCUT2D eigenvalue weighted by molar-refractivity contribution is 6.09. The summed E-state index contributed by atoms with van der Waals surface area (Å²) < 4.78 is 5.27. The SMILES string of the molecule is COc1c(CC=C(C)C)c(O)c(C(=O)CC(C)C)c(O)c1C(C)=O. The smallest absolute Gasteiger partial charge is 0.170 e. The third kappa shape index (κ3) is 4.16. The zero-order chi connectivity index (χ0) is 18.6. The average Bonchev–Trinajstić information content (AvgIpc) is 2.43. The van der Waals surface area contributed by atoms with Crippen molar-refractivity contribution in [3.63, 3.8) is 0 Å². The van der Waals surface area contributed by atoms with Gasteiger partial charge in [-0.15, -0.1) is 0 Å². The average molecular weight is 334 g/mol. The molecule has 0 aliphatic carbocycles. The summed E-state index contributed by atoms with van der Waals surface area (Å²) in [5.74, 6) is -1.50. The minimum Gasteiger partial charge on any atom is -0.507 e. The number of aromatic hydroxyl groups is 2. The number of hydrogen-bond donors (Lipinski definition) is 2. The second kappa shape index (κ2) is 7.99. The Labute approximate surface area is 143 Å². The van der Waals surface area contributed by atoms with Crippen molar-refractivity contribution >= 4 is 11.6 Å². The number of hydrogen-bond acceptors (Lipinski definition) is 5. The van der Waals surface area contributed by atoms with Gasteiger partial charge in [-0.3, -0.25) is 9.59 Å². The van der Waals surface area contributed by atoms with E-state index in [4.69, 9.17) is 4.74 Å². The van der Waals surface area contributed by atoms with E-state index in [1.807, 2.05) is 33.8 Å². The van der Waals surface area contributed by atoms with Crippen molar-refractivity contribution in [1.29, 1.82) is 0 Å². The Bertz CT molecular complexity index is 680. The molecule has 0 unspecified atom stereocenters. The fourth-order valence-electron chi connectivity index (χ4n) is 2.54. The number of ether oxygens (including phenoxy) is 1. The van der Waals surface area contributed by atoms with E-state index in [9.17, 15) is 19.8 Å². The zero-order valence-electron chi connectivity index (χ0n) is 15.2. The third-order valence-corrected chi connectivity index (χ3v) is 3.64. The van der Waals surface area contributed by atoms with E-state index < -0.39 is 17.3 Å². The number of allylic oxidation sites excluding steroid dienone is 2. The monoisotopic (exact) mass is 334 g/mol. The fraction of sp³-hybridized carbons (Fsp3) is 0.474. The molecule has 0 radical (unpaired) electrons. The standard InChI is InChI=1S/C19H26O5/c1-10(2)7-8-13-17(22)16(14(21)9-11(3)4)18(23)15(12(5)20)19(13)24-6/h7,11,22-23H,8-9H2,1-6H3. The number of phenols is 2. The van der Waals surface area contributed by atoms with Crippen LogP contribution in [0, 0.1) is 5.92 Å². The van der Waals surface area contributed by atoms with Gasteiger partial charge < -0.3 is 14.9 Å². The van der Waals surface area contributed by atoms with Gasteiger partial charge in [0.05, 0.1) is 7.11 Å². The van der Waals surface area contributed by atoms with Crippen LogP contribution in [0.5, 0.6) is 17.2 Å². The Morgan fingerprint density at radius 3 is 2.08 bits per heavy atom. The van der Waals surface area contributed by atoms with Gasteiger partial charge in [-0.05, 0) is 33.1 Å². The summed E-state index contributed by atoms with van der Waals surface area (Å²) in [6.45, 7) is 8.83. The molecule has 0 aliphatic rings. The van der Waals surface area contributed by atoms with E-state index in [-0.39, 0.29) is 35.0 Å². The quantitative estimate of drug-likeness (QED) is 0.580. The van der Waals surface area contributed by atoms with E-state index in [0.29, 0.717) is 12.0 Å². The summed E-state index contributed by atoms with van der Waals surface area (Å²) in [6, 6.07) is 0. The van der Waals surface area contributed by atoms with Gasteiger partial charge in [-0.25, -0.2) is 0 Å². The highest BCUT2D eigenvalue weighted by Gasteiger charge is 2.29. The molecular weight excluding hydrogens is 308 g/mol. The fourth-order valence-corrected chi connectivity index (χ4v) is 2.54. The van der Waals surface area contributed by atoms with Crippen molar-refractivity contribution in [2.24, 2.45) is 5.92 Å². The lowest BCUT2D eigenvalue weighted by atomic mass is 9.91. The molecule has 0 saturated carbocycles. The van der Waals surface area contributed by atoms with Crippen LogP contribution >= 0.6 is 0 Å². The molecule has 132 valence electrons. The van der Waals surface area contributed by atoms with Crippen LogP contribution in [-0.4, -0.2) is 28.9 Å². The largest absolute Gasteiger partial charge is 0.507 e. The van der Waals surface area contributed by atoms with Crippen LogP contribution in [0.15, 0.2) is 11.6 Å². The second-order valence-corrected chi connectivity index (χ2v) is 6.52. The van der Waals surface area contributed by atoms with E-state index in [1.54, 1.807) is 0 Å². The maximum Gasteiger partial charge on any atom is 0.170 e. The first-order chi connectivity index (χ1) is 11.1. The molecule has 0 amide bonds. The molecule has 5 nitrogen and oxygen atoms in total. The number of Topliss-reactive ketones (excluding diaryl/α,β-unsaturated/α-hetero) is 2. The number of benzene rings is 1. The first kappa shape index (κ1) is 19.7. The molecular formula is C19H26O5. The lowest BCUT2D eigenvalue weighted by molar-refractivity contribution is 0.0962. The van der Waals surface area contributed by atoms with Crippen LogP contribution in [0.2, 0.25) is 0 Å². The normalized spacial score (nSPS) is 10.6. The number of ketones is 2. The van der Waals surface area contributed by atoms with Gasteiger partial charge in [0, 0.05) is 12.0 Å². The molecule has 24 heavy (non-hydrogen) atoms. The number of rotatable bonds is 7. The predicted octanol–water partition coefficient (Wildman–Crippen LogP) is 4.05. The molecule has 1 rings (SSSR count). The van der Waals surface area contributed by atoms with Crippen molar-refractivity contribution in [3.05, 3.63) is 28.3 Å². The Kier molecular flexibility index (Phi) is 6.58. The first-order valence-electron chi connectivity index (χ1n) is 7.93. The summed E-state index contributed by atoms with van der Waals surface area (Å²) >= 11 is 0. The van der Waals surface area contributed by atoms with E-state index >= 15 is 0 Å². The molecule has 0 heterocycles. The minimum absolute atomic E-state index is 0.0559. The van der Waals surface area contributed by atoms with Crippen molar-refractivity contribution < 1.29 is 24.5 Å². The van der Waals surface area contributed by atoms with E-state index in [2.05, 4.69) is 0 Å².